The zero-order valence-corrected chi connectivity index (χ0v) is 22.2. The number of amides is 3. The van der Waals surface area contributed by atoms with Gasteiger partial charge in [0.25, 0.3) is 11.7 Å². The summed E-state index contributed by atoms with van der Waals surface area (Å²) in [6.07, 6.45) is 0.383. The van der Waals surface area contributed by atoms with Gasteiger partial charge in [-0.25, -0.2) is 0 Å². The van der Waals surface area contributed by atoms with E-state index in [9.17, 15) is 32.3 Å². The SMILES string of the molecule is CC(=O)N1C=C(c2ccccc2)N(CC(=O)NC(Cc2ccccc2)C(=O)C(F)(F)F)C(=O)C1C1CCCCC1. The molecule has 1 fully saturated rings. The molecule has 2 aliphatic rings. The van der Waals surface area contributed by atoms with Crippen molar-refractivity contribution >= 4 is 29.2 Å². The summed E-state index contributed by atoms with van der Waals surface area (Å²) in [5, 5.41) is 2.23. The van der Waals surface area contributed by atoms with E-state index in [0.717, 1.165) is 32.1 Å². The third kappa shape index (κ3) is 6.78. The number of alkyl halides is 3. The molecule has 40 heavy (non-hydrogen) atoms. The summed E-state index contributed by atoms with van der Waals surface area (Å²) in [6, 6.07) is 14.1. The molecule has 0 radical (unpaired) electrons. The average molecular weight is 556 g/mol. The van der Waals surface area contributed by atoms with Crippen molar-refractivity contribution in [2.24, 2.45) is 5.92 Å². The predicted octanol–water partition coefficient (Wildman–Crippen LogP) is 4.48. The van der Waals surface area contributed by atoms with Crippen molar-refractivity contribution < 1.29 is 32.3 Å². The minimum atomic E-state index is -5.16. The first-order valence-corrected chi connectivity index (χ1v) is 13.4. The molecular weight excluding hydrogens is 523 g/mol. The Morgan fingerprint density at radius 2 is 1.55 bits per heavy atom. The van der Waals surface area contributed by atoms with Gasteiger partial charge in [0.05, 0.1) is 5.70 Å². The molecule has 0 bridgehead atoms. The lowest BCUT2D eigenvalue weighted by Gasteiger charge is -2.43. The molecule has 2 unspecified atom stereocenters. The Kier molecular flexibility index (Phi) is 9.07. The van der Waals surface area contributed by atoms with Gasteiger partial charge in [-0.2, -0.15) is 13.2 Å². The van der Waals surface area contributed by atoms with Crippen molar-refractivity contribution in [3.05, 3.63) is 78.0 Å². The highest BCUT2D eigenvalue weighted by Gasteiger charge is 2.45. The number of hydrogen-bond acceptors (Lipinski definition) is 4. The van der Waals surface area contributed by atoms with Gasteiger partial charge in [0.2, 0.25) is 11.8 Å². The van der Waals surface area contributed by atoms with Crippen LogP contribution in [0.5, 0.6) is 0 Å². The van der Waals surface area contributed by atoms with Crippen molar-refractivity contribution in [1.29, 1.82) is 0 Å². The molecule has 3 amide bonds. The maximum atomic E-state index is 14.0. The van der Waals surface area contributed by atoms with Gasteiger partial charge in [-0.15, -0.1) is 0 Å². The van der Waals surface area contributed by atoms with Crippen molar-refractivity contribution in [2.45, 2.75) is 63.7 Å². The lowest BCUT2D eigenvalue weighted by Crippen LogP contribution is -2.58. The fourth-order valence-corrected chi connectivity index (χ4v) is 5.49. The highest BCUT2D eigenvalue weighted by molar-refractivity contribution is 6.00. The van der Waals surface area contributed by atoms with E-state index < -0.39 is 42.4 Å². The number of benzene rings is 2. The molecule has 212 valence electrons. The van der Waals surface area contributed by atoms with Gasteiger partial charge in [-0.3, -0.25) is 24.1 Å². The fourth-order valence-electron chi connectivity index (χ4n) is 5.49. The summed E-state index contributed by atoms with van der Waals surface area (Å²) in [4.78, 5) is 54.8. The largest absolute Gasteiger partial charge is 0.452 e. The number of rotatable bonds is 8. The van der Waals surface area contributed by atoms with E-state index >= 15 is 0 Å². The van der Waals surface area contributed by atoms with Gasteiger partial charge in [-0.05, 0) is 29.9 Å². The Hall–Kier alpha value is -3.95. The molecule has 2 atom stereocenters. The monoisotopic (exact) mass is 555 g/mol. The van der Waals surface area contributed by atoms with Crippen LogP contribution in [-0.4, -0.2) is 58.1 Å². The molecule has 1 aliphatic heterocycles. The zero-order chi connectivity index (χ0) is 28.9. The van der Waals surface area contributed by atoms with Crippen LogP contribution in [0.2, 0.25) is 0 Å². The summed E-state index contributed by atoms with van der Waals surface area (Å²) >= 11 is 0. The number of carbonyl (C=O) groups excluding carboxylic acids is 4. The van der Waals surface area contributed by atoms with Gasteiger partial charge in [0.1, 0.15) is 18.6 Å². The van der Waals surface area contributed by atoms with E-state index in [4.69, 9.17) is 0 Å². The second-order valence-corrected chi connectivity index (χ2v) is 10.2. The summed E-state index contributed by atoms with van der Waals surface area (Å²) in [7, 11) is 0. The highest BCUT2D eigenvalue weighted by Crippen LogP contribution is 2.36. The van der Waals surface area contributed by atoms with Gasteiger partial charge in [0, 0.05) is 19.5 Å². The number of carbonyl (C=O) groups is 4. The third-order valence-corrected chi connectivity index (χ3v) is 7.42. The molecule has 2 aromatic rings. The number of nitrogens with one attached hydrogen (secondary N) is 1. The standard InChI is InChI=1S/C30H32F3N3O4/c1-20(37)35-18-25(22-13-7-3-8-14-22)36(29(40)27(35)23-15-9-4-10-16-23)19-26(38)34-24(28(39)30(31,32)33)17-21-11-5-2-6-12-21/h2-3,5-8,11-14,18,23-24,27H,4,9-10,15-17,19H2,1H3,(H,34,38). The van der Waals surface area contributed by atoms with Gasteiger partial charge >= 0.3 is 6.18 Å². The van der Waals surface area contributed by atoms with Crippen LogP contribution in [0.15, 0.2) is 66.9 Å². The summed E-state index contributed by atoms with van der Waals surface area (Å²) < 4.78 is 40.3. The molecular formula is C30H32F3N3O4. The minimum Gasteiger partial charge on any atom is -0.344 e. The van der Waals surface area contributed by atoms with Crippen LogP contribution in [0.25, 0.3) is 5.70 Å². The molecule has 10 heteroatoms. The maximum Gasteiger partial charge on any atom is 0.452 e. The first-order valence-electron chi connectivity index (χ1n) is 13.4. The average Bonchev–Trinajstić information content (AvgIpc) is 2.94. The van der Waals surface area contributed by atoms with E-state index in [1.807, 2.05) is 0 Å². The van der Waals surface area contributed by atoms with E-state index in [-0.39, 0.29) is 23.9 Å². The summed E-state index contributed by atoms with van der Waals surface area (Å²) in [5.41, 5.74) is 1.28. The zero-order valence-electron chi connectivity index (χ0n) is 22.2. The molecule has 1 saturated carbocycles. The molecule has 0 spiro atoms. The fraction of sp³-hybridized carbons (Fsp3) is 0.400. The number of hydrogen-bond donors (Lipinski definition) is 1. The number of halogens is 3. The van der Waals surface area contributed by atoms with Gasteiger partial charge in [-0.1, -0.05) is 79.9 Å². The van der Waals surface area contributed by atoms with Gasteiger partial charge < -0.3 is 10.2 Å². The number of Topliss-reactive ketones (excluding diaryl/α,β-unsaturated/α-hetero) is 1. The van der Waals surface area contributed by atoms with Crippen LogP contribution in [0.3, 0.4) is 0 Å². The van der Waals surface area contributed by atoms with Crippen molar-refractivity contribution in [2.75, 3.05) is 6.54 Å². The Balaban J connectivity index is 1.65. The van der Waals surface area contributed by atoms with Crippen LogP contribution < -0.4 is 5.32 Å². The van der Waals surface area contributed by atoms with Crippen LogP contribution >= 0.6 is 0 Å². The topological polar surface area (TPSA) is 86.8 Å². The Labute approximate surface area is 231 Å². The van der Waals surface area contributed by atoms with E-state index in [1.165, 1.54) is 16.7 Å². The van der Waals surface area contributed by atoms with Crippen molar-refractivity contribution in [3.63, 3.8) is 0 Å². The second kappa shape index (κ2) is 12.5. The van der Waals surface area contributed by atoms with E-state index in [1.54, 1.807) is 66.9 Å². The van der Waals surface area contributed by atoms with Crippen LogP contribution in [0.1, 0.15) is 50.2 Å². The van der Waals surface area contributed by atoms with E-state index in [2.05, 4.69) is 5.32 Å². The van der Waals surface area contributed by atoms with Crippen molar-refractivity contribution in [1.82, 2.24) is 15.1 Å². The summed E-state index contributed by atoms with van der Waals surface area (Å²) in [5.74, 6) is -3.88. The van der Waals surface area contributed by atoms with Crippen molar-refractivity contribution in [3.8, 4) is 0 Å². The molecule has 0 saturated heterocycles. The molecule has 1 aliphatic carbocycles. The van der Waals surface area contributed by atoms with Crippen LogP contribution in [0.4, 0.5) is 13.2 Å². The second-order valence-electron chi connectivity index (χ2n) is 10.2. The lowest BCUT2D eigenvalue weighted by atomic mass is 9.81. The molecule has 4 rings (SSSR count). The van der Waals surface area contributed by atoms with Crippen LogP contribution in [-0.2, 0) is 25.6 Å². The molecule has 1 heterocycles. The molecule has 2 aromatic carbocycles. The molecule has 7 nitrogen and oxygen atoms in total. The number of nitrogens with zero attached hydrogens (tertiary/aromatic N) is 2. The van der Waals surface area contributed by atoms with Crippen LogP contribution in [0, 0.1) is 5.92 Å². The smallest absolute Gasteiger partial charge is 0.344 e. The summed E-state index contributed by atoms with van der Waals surface area (Å²) in [6.45, 7) is 0.770. The van der Waals surface area contributed by atoms with E-state index in [0.29, 0.717) is 11.1 Å². The first-order chi connectivity index (χ1) is 19.1. The Morgan fingerprint density at radius 1 is 0.950 bits per heavy atom. The third-order valence-electron chi connectivity index (χ3n) is 7.42. The predicted molar refractivity (Wildman–Crippen MR) is 142 cm³/mol. The Bertz CT molecular complexity index is 1260. The molecule has 0 aromatic heterocycles. The maximum absolute atomic E-state index is 14.0. The normalized spacial score (nSPS) is 19.1. The highest BCUT2D eigenvalue weighted by atomic mass is 19.4. The lowest BCUT2D eigenvalue weighted by molar-refractivity contribution is -0.173. The minimum absolute atomic E-state index is 0.109. The first kappa shape index (κ1) is 29.0. The Morgan fingerprint density at radius 3 is 2.12 bits per heavy atom. The quantitative estimate of drug-likeness (QED) is 0.521. The number of ketones is 1. The molecule has 1 N–H and O–H groups in total. The van der Waals surface area contributed by atoms with Gasteiger partial charge in [0.15, 0.2) is 0 Å².